The van der Waals surface area contributed by atoms with E-state index in [9.17, 15) is 13.2 Å². The molecule has 1 aromatic heterocycles. The van der Waals surface area contributed by atoms with Crippen LogP contribution in [0.25, 0.3) is 11.0 Å². The van der Waals surface area contributed by atoms with Crippen LogP contribution in [0, 0.1) is 5.41 Å². The second-order valence-corrected chi connectivity index (χ2v) is 12.2. The molecular formula is C28H31BrN4O4S. The number of hydrogen-bond donors (Lipinski definition) is 1. The molecule has 1 aliphatic heterocycles. The first-order valence-electron chi connectivity index (χ1n) is 12.0. The van der Waals surface area contributed by atoms with Gasteiger partial charge in [0, 0.05) is 23.6 Å². The van der Waals surface area contributed by atoms with Crippen molar-refractivity contribution in [2.75, 3.05) is 24.2 Å². The zero-order valence-electron chi connectivity index (χ0n) is 21.8. The average Bonchev–Trinajstić information content (AvgIpc) is 3.31. The second-order valence-electron chi connectivity index (χ2n) is 10.2. The van der Waals surface area contributed by atoms with Gasteiger partial charge in [0.05, 0.1) is 42.7 Å². The van der Waals surface area contributed by atoms with E-state index in [0.29, 0.717) is 30.2 Å². The molecule has 2 heterocycles. The minimum absolute atomic E-state index is 0. The van der Waals surface area contributed by atoms with Gasteiger partial charge in [0.1, 0.15) is 5.75 Å². The van der Waals surface area contributed by atoms with Crippen molar-refractivity contribution >= 4 is 49.5 Å². The van der Waals surface area contributed by atoms with Crippen LogP contribution >= 0.6 is 17.0 Å². The maximum absolute atomic E-state index is 13.7. The number of nitrogens with one attached hydrogen (secondary N) is 1. The zero-order chi connectivity index (χ0) is 26.5. The van der Waals surface area contributed by atoms with Crippen molar-refractivity contribution < 1.29 is 17.9 Å². The molecule has 200 valence electrons. The van der Waals surface area contributed by atoms with Crippen LogP contribution in [0.1, 0.15) is 35.3 Å². The lowest BCUT2D eigenvalue weighted by Crippen LogP contribution is -2.28. The number of sulfonamides is 1. The topological polar surface area (TPSA) is 97.4 Å². The van der Waals surface area contributed by atoms with Gasteiger partial charge in [0.15, 0.2) is 5.78 Å². The Bertz CT molecular complexity index is 1690. The van der Waals surface area contributed by atoms with Crippen molar-refractivity contribution in [2.24, 2.45) is 0 Å². The number of imidazole rings is 1. The molecule has 1 aliphatic rings. The van der Waals surface area contributed by atoms with Crippen LogP contribution in [0.15, 0.2) is 66.7 Å². The Kier molecular flexibility index (Phi) is 7.33. The highest BCUT2D eigenvalue weighted by molar-refractivity contribution is 8.93. The minimum Gasteiger partial charge on any atom is -0.490 e. The SMILES string of the molecule is Br.CN(c1cc(C(=O)Cn2c(=N)n(Cc3ccccc3)c3ccccc32)cc2c1OCC2(C)C)S(C)(=O)=O. The maximum Gasteiger partial charge on any atom is 0.232 e. The van der Waals surface area contributed by atoms with Crippen molar-refractivity contribution in [3.63, 3.8) is 0 Å². The number of aromatic nitrogens is 2. The second kappa shape index (κ2) is 10.1. The number of halogens is 1. The summed E-state index contributed by atoms with van der Waals surface area (Å²) in [5.74, 6) is 0.275. The molecule has 0 bridgehead atoms. The fourth-order valence-corrected chi connectivity index (χ4v) is 5.28. The summed E-state index contributed by atoms with van der Waals surface area (Å²) >= 11 is 0. The summed E-state index contributed by atoms with van der Waals surface area (Å²) in [5.41, 5.74) is 4.08. The monoisotopic (exact) mass is 598 g/mol. The molecule has 0 unspecified atom stereocenters. The first kappa shape index (κ1) is 27.7. The van der Waals surface area contributed by atoms with Crippen molar-refractivity contribution in [1.82, 2.24) is 9.13 Å². The molecule has 10 heteroatoms. The van der Waals surface area contributed by atoms with Gasteiger partial charge in [-0.15, -0.1) is 17.0 Å². The fraction of sp³-hybridized carbons (Fsp3) is 0.286. The Hall–Kier alpha value is -3.37. The largest absolute Gasteiger partial charge is 0.490 e. The van der Waals surface area contributed by atoms with E-state index in [1.807, 2.05) is 73.0 Å². The van der Waals surface area contributed by atoms with Crippen LogP contribution in [-0.4, -0.2) is 43.2 Å². The Morgan fingerprint density at radius 3 is 2.26 bits per heavy atom. The van der Waals surface area contributed by atoms with Gasteiger partial charge in [-0.05, 0) is 29.8 Å². The number of rotatable bonds is 7. The van der Waals surface area contributed by atoms with E-state index in [2.05, 4.69) is 0 Å². The molecule has 3 aromatic carbocycles. The van der Waals surface area contributed by atoms with Gasteiger partial charge >= 0.3 is 0 Å². The number of hydrogen-bond acceptors (Lipinski definition) is 5. The van der Waals surface area contributed by atoms with Crippen LogP contribution in [0.5, 0.6) is 5.75 Å². The quantitative estimate of drug-likeness (QED) is 0.317. The molecule has 8 nitrogen and oxygen atoms in total. The van der Waals surface area contributed by atoms with E-state index in [0.717, 1.165) is 32.7 Å². The first-order chi connectivity index (χ1) is 17.5. The summed E-state index contributed by atoms with van der Waals surface area (Å²) in [6.07, 6.45) is 1.12. The predicted molar refractivity (Wildman–Crippen MR) is 154 cm³/mol. The number of nitrogens with zero attached hydrogens (tertiary/aromatic N) is 3. The minimum atomic E-state index is -3.57. The molecule has 0 saturated heterocycles. The number of ether oxygens (including phenoxy) is 1. The van der Waals surface area contributed by atoms with E-state index in [4.69, 9.17) is 10.1 Å². The summed E-state index contributed by atoms with van der Waals surface area (Å²) < 4.78 is 35.4. The number of anilines is 1. The van der Waals surface area contributed by atoms with Crippen LogP contribution < -0.4 is 14.7 Å². The number of ketones is 1. The number of benzene rings is 3. The number of Topliss-reactive ketones (excluding diaryl/α,β-unsaturated/α-hetero) is 1. The lowest BCUT2D eigenvalue weighted by Gasteiger charge is -2.22. The summed E-state index contributed by atoms with van der Waals surface area (Å²) in [4.78, 5) is 13.7. The average molecular weight is 600 g/mol. The summed E-state index contributed by atoms with van der Waals surface area (Å²) in [6.45, 7) is 4.86. The summed E-state index contributed by atoms with van der Waals surface area (Å²) in [6, 6.07) is 21.0. The first-order valence-corrected chi connectivity index (χ1v) is 13.9. The number of para-hydroxylation sites is 2. The highest BCUT2D eigenvalue weighted by atomic mass is 79.9. The van der Waals surface area contributed by atoms with Gasteiger partial charge in [-0.1, -0.05) is 56.3 Å². The van der Waals surface area contributed by atoms with Crippen LogP contribution in [0.4, 0.5) is 5.69 Å². The van der Waals surface area contributed by atoms with Crippen molar-refractivity contribution in [1.29, 1.82) is 5.41 Å². The Labute approximate surface area is 232 Å². The molecule has 0 saturated carbocycles. The fourth-order valence-electron chi connectivity index (χ4n) is 4.79. The highest BCUT2D eigenvalue weighted by Crippen LogP contribution is 2.45. The predicted octanol–water partition coefficient (Wildman–Crippen LogP) is 4.50. The molecule has 38 heavy (non-hydrogen) atoms. The molecule has 0 aliphatic carbocycles. The van der Waals surface area contributed by atoms with Gasteiger partial charge in [-0.3, -0.25) is 14.5 Å². The smallest absolute Gasteiger partial charge is 0.232 e. The molecule has 0 fully saturated rings. The Morgan fingerprint density at radius 1 is 1.03 bits per heavy atom. The molecular weight excluding hydrogens is 568 g/mol. The normalized spacial score (nSPS) is 14.0. The van der Waals surface area contributed by atoms with E-state index < -0.39 is 10.0 Å². The highest BCUT2D eigenvalue weighted by Gasteiger charge is 2.36. The van der Waals surface area contributed by atoms with Gasteiger partial charge in [0.25, 0.3) is 0 Å². The third-order valence-corrected chi connectivity index (χ3v) is 8.19. The molecule has 0 radical (unpaired) electrons. The maximum atomic E-state index is 13.7. The molecule has 4 aromatic rings. The van der Waals surface area contributed by atoms with E-state index in [1.165, 1.54) is 7.05 Å². The van der Waals surface area contributed by atoms with E-state index >= 15 is 0 Å². The van der Waals surface area contributed by atoms with Crippen molar-refractivity contribution in [3.8, 4) is 5.75 Å². The van der Waals surface area contributed by atoms with Gasteiger partial charge < -0.3 is 13.9 Å². The Balaban J connectivity index is 0.00000336. The molecule has 0 spiro atoms. The van der Waals surface area contributed by atoms with Gasteiger partial charge in [-0.25, -0.2) is 8.42 Å². The molecule has 5 rings (SSSR count). The lowest BCUT2D eigenvalue weighted by molar-refractivity contribution is 0.0971. The van der Waals surface area contributed by atoms with Crippen LogP contribution in [0.2, 0.25) is 0 Å². The van der Waals surface area contributed by atoms with Gasteiger partial charge in [0.2, 0.25) is 15.6 Å². The third-order valence-electron chi connectivity index (χ3n) is 6.99. The third kappa shape index (κ3) is 4.90. The molecule has 0 amide bonds. The molecule has 1 N–H and O–H groups in total. The number of fused-ring (bicyclic) bond motifs is 2. The van der Waals surface area contributed by atoms with Crippen LogP contribution in [-0.2, 0) is 28.5 Å². The van der Waals surface area contributed by atoms with E-state index in [-0.39, 0.29) is 40.3 Å². The lowest BCUT2D eigenvalue weighted by atomic mass is 9.85. The number of carbonyl (C=O) groups is 1. The Morgan fingerprint density at radius 2 is 1.63 bits per heavy atom. The van der Waals surface area contributed by atoms with Crippen molar-refractivity contribution in [3.05, 3.63) is 89.0 Å². The van der Waals surface area contributed by atoms with Crippen LogP contribution in [0.3, 0.4) is 0 Å². The van der Waals surface area contributed by atoms with E-state index in [1.54, 1.807) is 16.7 Å². The van der Waals surface area contributed by atoms with Gasteiger partial charge in [-0.2, -0.15) is 0 Å². The zero-order valence-corrected chi connectivity index (χ0v) is 24.3. The number of carbonyl (C=O) groups excluding carboxylic acids is 1. The van der Waals surface area contributed by atoms with Crippen molar-refractivity contribution in [2.45, 2.75) is 32.4 Å². The summed E-state index contributed by atoms with van der Waals surface area (Å²) in [5, 5.41) is 8.92. The summed E-state index contributed by atoms with van der Waals surface area (Å²) in [7, 11) is -2.11. The molecule has 0 atom stereocenters. The standard InChI is InChI=1S/C28H30N4O4S.BrH/c1-28(2)18-36-26-21(28)14-20(15-24(26)30(3)37(4,34)35)25(33)17-32-23-13-9-8-12-22(23)31(27(32)29)16-19-10-6-5-7-11-19;/h5-15,29H,16-18H2,1-4H3;1H.